The van der Waals surface area contributed by atoms with Crippen molar-refractivity contribution in [1.29, 1.82) is 0 Å². The number of hydrogen-bond acceptors (Lipinski definition) is 3. The lowest BCUT2D eigenvalue weighted by Gasteiger charge is -2.29. The summed E-state index contributed by atoms with van der Waals surface area (Å²) in [7, 11) is 0. The summed E-state index contributed by atoms with van der Waals surface area (Å²) in [4.78, 5) is 22.7. The molecule has 26 heavy (non-hydrogen) atoms. The first kappa shape index (κ1) is 22.6. The van der Waals surface area contributed by atoms with Crippen LogP contribution in [0.4, 0.5) is 0 Å². The van der Waals surface area contributed by atoms with Crippen molar-refractivity contribution in [2.75, 3.05) is 0 Å². The van der Waals surface area contributed by atoms with Gasteiger partial charge in [-0.15, -0.1) is 0 Å². The number of carboxylic acids is 1. The Bertz CT molecular complexity index is 504. The van der Waals surface area contributed by atoms with Gasteiger partial charge in [0.25, 0.3) is 0 Å². The van der Waals surface area contributed by atoms with Crippen molar-refractivity contribution in [3.05, 3.63) is 24.3 Å². The predicted octanol–water partition coefficient (Wildman–Crippen LogP) is 4.92. The molecule has 148 valence electrons. The van der Waals surface area contributed by atoms with Crippen LogP contribution in [0.25, 0.3) is 0 Å². The van der Waals surface area contributed by atoms with Crippen molar-refractivity contribution in [3.8, 4) is 0 Å². The largest absolute Gasteiger partial charge is 0.481 e. The molecule has 0 bridgehead atoms. The number of aliphatic carboxylic acids is 1. The molecule has 4 nitrogen and oxygen atoms in total. The van der Waals surface area contributed by atoms with Crippen LogP contribution in [0.5, 0.6) is 0 Å². The lowest BCUT2D eigenvalue weighted by Crippen LogP contribution is -2.27. The van der Waals surface area contributed by atoms with Crippen LogP contribution in [0.1, 0.15) is 78.6 Å². The SMILES string of the molecule is CCCCC(C)(C)C(O)C=C[C@H]1CCC(=O)[C@H]1CC=CCCCC(=O)O. The summed E-state index contributed by atoms with van der Waals surface area (Å²) >= 11 is 0. The third-order valence-electron chi connectivity index (χ3n) is 5.49. The number of carbonyl (C=O) groups excluding carboxylic acids is 1. The molecule has 0 saturated heterocycles. The van der Waals surface area contributed by atoms with E-state index in [-0.39, 0.29) is 23.7 Å². The summed E-state index contributed by atoms with van der Waals surface area (Å²) in [6.07, 6.45) is 14.4. The van der Waals surface area contributed by atoms with E-state index in [1.54, 1.807) is 0 Å². The normalized spacial score (nSPS) is 22.5. The topological polar surface area (TPSA) is 74.6 Å². The Morgan fingerprint density at radius 3 is 2.69 bits per heavy atom. The van der Waals surface area contributed by atoms with Crippen LogP contribution in [-0.4, -0.2) is 28.1 Å². The highest BCUT2D eigenvalue weighted by atomic mass is 16.4. The minimum Gasteiger partial charge on any atom is -0.481 e. The van der Waals surface area contributed by atoms with E-state index in [1.165, 1.54) is 0 Å². The number of hydrogen-bond donors (Lipinski definition) is 2. The summed E-state index contributed by atoms with van der Waals surface area (Å²) in [5.41, 5.74) is -0.144. The number of rotatable bonds is 12. The quantitative estimate of drug-likeness (QED) is 0.381. The van der Waals surface area contributed by atoms with Gasteiger partial charge in [0.15, 0.2) is 0 Å². The van der Waals surface area contributed by atoms with Crippen molar-refractivity contribution in [3.63, 3.8) is 0 Å². The monoisotopic (exact) mass is 364 g/mol. The second kappa shape index (κ2) is 11.3. The van der Waals surface area contributed by atoms with Crippen molar-refractivity contribution in [2.24, 2.45) is 17.3 Å². The summed E-state index contributed by atoms with van der Waals surface area (Å²) in [6, 6.07) is 0. The number of carbonyl (C=O) groups is 2. The van der Waals surface area contributed by atoms with Gasteiger partial charge in [-0.3, -0.25) is 9.59 Å². The molecule has 1 aliphatic carbocycles. The fourth-order valence-electron chi connectivity index (χ4n) is 3.49. The van der Waals surface area contributed by atoms with E-state index in [1.807, 2.05) is 24.3 Å². The zero-order chi connectivity index (χ0) is 19.6. The maximum atomic E-state index is 12.2. The minimum atomic E-state index is -0.769. The fourth-order valence-corrected chi connectivity index (χ4v) is 3.49. The Morgan fingerprint density at radius 2 is 2.04 bits per heavy atom. The van der Waals surface area contributed by atoms with E-state index in [2.05, 4.69) is 20.8 Å². The number of aliphatic hydroxyl groups is 1. The third kappa shape index (κ3) is 7.86. The van der Waals surface area contributed by atoms with E-state index in [9.17, 15) is 14.7 Å². The smallest absolute Gasteiger partial charge is 0.303 e. The van der Waals surface area contributed by atoms with Gasteiger partial charge < -0.3 is 10.2 Å². The molecule has 0 heterocycles. The van der Waals surface area contributed by atoms with Crippen molar-refractivity contribution in [2.45, 2.75) is 84.7 Å². The Morgan fingerprint density at radius 1 is 1.31 bits per heavy atom. The maximum absolute atomic E-state index is 12.2. The first-order chi connectivity index (χ1) is 12.3. The van der Waals surface area contributed by atoms with Gasteiger partial charge in [0, 0.05) is 18.8 Å². The third-order valence-corrected chi connectivity index (χ3v) is 5.49. The highest BCUT2D eigenvalue weighted by Gasteiger charge is 2.32. The van der Waals surface area contributed by atoms with Gasteiger partial charge >= 0.3 is 5.97 Å². The molecule has 2 N–H and O–H groups in total. The van der Waals surface area contributed by atoms with E-state index >= 15 is 0 Å². The number of allylic oxidation sites excluding steroid dienone is 3. The van der Waals surface area contributed by atoms with Crippen LogP contribution in [0.2, 0.25) is 0 Å². The molecule has 1 unspecified atom stereocenters. The maximum Gasteiger partial charge on any atom is 0.303 e. The Balaban J connectivity index is 2.52. The van der Waals surface area contributed by atoms with E-state index in [0.717, 1.165) is 32.1 Å². The van der Waals surface area contributed by atoms with Gasteiger partial charge in [-0.1, -0.05) is 57.9 Å². The number of carboxylic acid groups (broad SMARTS) is 1. The van der Waals surface area contributed by atoms with Gasteiger partial charge in [-0.05, 0) is 43.4 Å². The van der Waals surface area contributed by atoms with Crippen LogP contribution in [-0.2, 0) is 9.59 Å². The molecule has 4 heteroatoms. The van der Waals surface area contributed by atoms with Gasteiger partial charge in [0.1, 0.15) is 5.78 Å². The van der Waals surface area contributed by atoms with Crippen LogP contribution >= 0.6 is 0 Å². The lowest BCUT2D eigenvalue weighted by molar-refractivity contribution is -0.137. The number of unbranched alkanes of at least 4 members (excludes halogenated alkanes) is 2. The molecule has 0 radical (unpaired) electrons. The molecule has 0 spiro atoms. The number of Topliss-reactive ketones (excluding diaryl/α,β-unsaturated/α-hetero) is 1. The fraction of sp³-hybridized carbons (Fsp3) is 0.727. The minimum absolute atomic E-state index is 0.00655. The second-order valence-corrected chi connectivity index (χ2v) is 8.19. The molecule has 0 aromatic heterocycles. The molecule has 3 atom stereocenters. The lowest BCUT2D eigenvalue weighted by atomic mass is 9.80. The van der Waals surface area contributed by atoms with Gasteiger partial charge in [-0.2, -0.15) is 0 Å². The molecule has 0 aromatic carbocycles. The molecule has 1 fully saturated rings. The number of aliphatic hydroxyl groups excluding tert-OH is 1. The summed E-state index contributed by atoms with van der Waals surface area (Å²) in [5.74, 6) is -0.278. The molecule has 0 aliphatic heterocycles. The van der Waals surface area contributed by atoms with Crippen LogP contribution in [0.3, 0.4) is 0 Å². The molecule has 1 rings (SSSR count). The average molecular weight is 365 g/mol. The summed E-state index contributed by atoms with van der Waals surface area (Å²) < 4.78 is 0. The van der Waals surface area contributed by atoms with Crippen LogP contribution in [0.15, 0.2) is 24.3 Å². The molecule has 0 amide bonds. The zero-order valence-corrected chi connectivity index (χ0v) is 16.6. The molecular weight excluding hydrogens is 328 g/mol. The van der Waals surface area contributed by atoms with Crippen molar-refractivity contribution >= 4 is 11.8 Å². The standard InChI is InChI=1S/C22H36O4/c1-4-5-16-22(2,3)20(24)15-13-17-12-14-19(23)18(17)10-8-6-7-9-11-21(25)26/h6,8,13,15,17-18,20,24H,4-5,7,9-12,14,16H2,1-3H3,(H,25,26)/t17-,18+,20?/m1/s1. The molecular formula is C22H36O4. The second-order valence-electron chi connectivity index (χ2n) is 8.19. The summed E-state index contributed by atoms with van der Waals surface area (Å²) in [5, 5.41) is 19.1. The predicted molar refractivity (Wildman–Crippen MR) is 105 cm³/mol. The van der Waals surface area contributed by atoms with Crippen LogP contribution < -0.4 is 0 Å². The average Bonchev–Trinajstić information content (AvgIpc) is 2.93. The van der Waals surface area contributed by atoms with Gasteiger partial charge in [0.2, 0.25) is 0 Å². The van der Waals surface area contributed by atoms with Gasteiger partial charge in [0.05, 0.1) is 6.10 Å². The van der Waals surface area contributed by atoms with E-state index in [4.69, 9.17) is 5.11 Å². The zero-order valence-electron chi connectivity index (χ0n) is 16.6. The van der Waals surface area contributed by atoms with Crippen molar-refractivity contribution in [1.82, 2.24) is 0 Å². The van der Waals surface area contributed by atoms with Gasteiger partial charge in [-0.25, -0.2) is 0 Å². The first-order valence-corrected chi connectivity index (χ1v) is 10.0. The first-order valence-electron chi connectivity index (χ1n) is 10.0. The molecule has 1 saturated carbocycles. The van der Waals surface area contributed by atoms with Crippen LogP contribution in [0, 0.1) is 17.3 Å². The Labute approximate surface area is 158 Å². The van der Waals surface area contributed by atoms with E-state index < -0.39 is 12.1 Å². The summed E-state index contributed by atoms with van der Waals surface area (Å²) in [6.45, 7) is 6.34. The number of ketones is 1. The highest BCUT2D eigenvalue weighted by Crippen LogP contribution is 2.34. The van der Waals surface area contributed by atoms with Crippen molar-refractivity contribution < 1.29 is 19.8 Å². The molecule has 0 aromatic rings. The molecule has 1 aliphatic rings. The Hall–Kier alpha value is -1.42. The Kier molecular flexibility index (Phi) is 9.85. The van der Waals surface area contributed by atoms with E-state index in [0.29, 0.717) is 25.0 Å². The highest BCUT2D eigenvalue weighted by molar-refractivity contribution is 5.83.